The molecular weight excluding hydrogens is 308 g/mol. The maximum absolute atomic E-state index is 5.76. The second kappa shape index (κ2) is 7.72. The number of ether oxygens (including phenoxy) is 1. The van der Waals surface area contributed by atoms with Crippen molar-refractivity contribution in [3.63, 3.8) is 0 Å². The summed E-state index contributed by atoms with van der Waals surface area (Å²) in [5.41, 5.74) is 4.34. The monoisotopic (exact) mass is 330 g/mol. The number of nitrogens with zero attached hydrogens (tertiary/aromatic N) is 2. The highest BCUT2D eigenvalue weighted by Gasteiger charge is 2.02. The van der Waals surface area contributed by atoms with E-state index in [1.165, 1.54) is 5.56 Å². The maximum Gasteiger partial charge on any atom is 0.122 e. The number of rotatable bonds is 4. The van der Waals surface area contributed by atoms with E-state index in [9.17, 15) is 0 Å². The molecule has 0 spiro atoms. The molecule has 0 saturated carbocycles. The summed E-state index contributed by atoms with van der Waals surface area (Å²) >= 11 is 0. The molecule has 0 bridgehead atoms. The Bertz CT molecular complexity index is 882. The number of imidazole rings is 1. The molecule has 3 aromatic rings. The Hall–Kier alpha value is -2.99. The van der Waals surface area contributed by atoms with Crippen molar-refractivity contribution < 1.29 is 4.74 Å². The molecule has 1 heterocycles. The maximum atomic E-state index is 5.76. The highest BCUT2D eigenvalue weighted by Crippen LogP contribution is 2.20. The molecule has 3 rings (SSSR count). The zero-order chi connectivity index (χ0) is 17.6. The third kappa shape index (κ3) is 4.74. The van der Waals surface area contributed by atoms with Gasteiger partial charge in [-0.25, -0.2) is 4.98 Å². The fourth-order valence-corrected chi connectivity index (χ4v) is 2.54. The Balaban J connectivity index is 1.69. The SMILES string of the molecule is Cc1cc(C#Cc2ccc(Cn3ccnc3)cc2)ccc1OC(C)C. The zero-order valence-electron chi connectivity index (χ0n) is 14.9. The molecule has 0 aliphatic carbocycles. The van der Waals surface area contributed by atoms with Crippen LogP contribution in [0.15, 0.2) is 61.2 Å². The third-order valence-electron chi connectivity index (χ3n) is 3.77. The Morgan fingerprint density at radius 1 is 1.04 bits per heavy atom. The highest BCUT2D eigenvalue weighted by atomic mass is 16.5. The van der Waals surface area contributed by atoms with Crippen LogP contribution >= 0.6 is 0 Å². The van der Waals surface area contributed by atoms with Gasteiger partial charge in [-0.1, -0.05) is 24.0 Å². The van der Waals surface area contributed by atoms with Crippen molar-refractivity contribution in [1.82, 2.24) is 9.55 Å². The van der Waals surface area contributed by atoms with Crippen LogP contribution in [0.2, 0.25) is 0 Å². The highest BCUT2D eigenvalue weighted by molar-refractivity contribution is 5.47. The average Bonchev–Trinajstić information content (AvgIpc) is 3.09. The summed E-state index contributed by atoms with van der Waals surface area (Å²) in [5, 5.41) is 0. The minimum Gasteiger partial charge on any atom is -0.491 e. The molecule has 0 aliphatic heterocycles. The van der Waals surface area contributed by atoms with Gasteiger partial charge in [-0.3, -0.25) is 0 Å². The van der Waals surface area contributed by atoms with Crippen molar-refractivity contribution in [2.24, 2.45) is 0 Å². The average molecular weight is 330 g/mol. The molecular formula is C22H22N2O. The smallest absolute Gasteiger partial charge is 0.122 e. The van der Waals surface area contributed by atoms with Crippen LogP contribution < -0.4 is 4.74 Å². The van der Waals surface area contributed by atoms with E-state index >= 15 is 0 Å². The van der Waals surface area contributed by atoms with Gasteiger partial charge in [0.2, 0.25) is 0 Å². The molecule has 0 saturated heterocycles. The van der Waals surface area contributed by atoms with E-state index in [0.29, 0.717) is 0 Å². The molecule has 126 valence electrons. The Morgan fingerprint density at radius 3 is 2.40 bits per heavy atom. The Kier molecular flexibility index (Phi) is 5.20. The standard InChI is InChI=1S/C22H22N2O/c1-17(2)25-22-11-10-20(14-18(22)3)7-4-19-5-8-21(9-6-19)15-24-13-12-23-16-24/h5-6,8-14,16-17H,15H2,1-3H3. The molecule has 0 atom stereocenters. The van der Waals surface area contributed by atoms with E-state index in [1.54, 1.807) is 6.20 Å². The van der Waals surface area contributed by atoms with E-state index in [2.05, 4.69) is 47.2 Å². The molecule has 3 heteroatoms. The second-order valence-corrected chi connectivity index (χ2v) is 6.33. The van der Waals surface area contributed by atoms with E-state index < -0.39 is 0 Å². The molecule has 0 fully saturated rings. The van der Waals surface area contributed by atoms with Crippen LogP contribution in [-0.4, -0.2) is 15.7 Å². The second-order valence-electron chi connectivity index (χ2n) is 6.33. The number of aryl methyl sites for hydroxylation is 1. The van der Waals surface area contributed by atoms with Crippen LogP contribution in [0, 0.1) is 18.8 Å². The number of aromatic nitrogens is 2. The molecule has 1 aromatic heterocycles. The van der Waals surface area contributed by atoms with E-state index in [4.69, 9.17) is 4.74 Å². The summed E-state index contributed by atoms with van der Waals surface area (Å²) < 4.78 is 7.81. The van der Waals surface area contributed by atoms with Crippen molar-refractivity contribution >= 4 is 0 Å². The normalized spacial score (nSPS) is 10.4. The number of benzene rings is 2. The summed E-state index contributed by atoms with van der Waals surface area (Å²) in [5.74, 6) is 7.37. The summed E-state index contributed by atoms with van der Waals surface area (Å²) in [4.78, 5) is 4.06. The molecule has 0 unspecified atom stereocenters. The van der Waals surface area contributed by atoms with Gasteiger partial charge in [-0.15, -0.1) is 0 Å². The van der Waals surface area contributed by atoms with Gasteiger partial charge in [0, 0.05) is 30.1 Å². The minimum absolute atomic E-state index is 0.177. The lowest BCUT2D eigenvalue weighted by Crippen LogP contribution is -2.06. The van der Waals surface area contributed by atoms with Crippen molar-refractivity contribution in [2.45, 2.75) is 33.4 Å². The predicted molar refractivity (Wildman–Crippen MR) is 101 cm³/mol. The van der Waals surface area contributed by atoms with Gasteiger partial charge in [0.15, 0.2) is 0 Å². The number of hydrogen-bond donors (Lipinski definition) is 0. The molecule has 0 amide bonds. The van der Waals surface area contributed by atoms with Crippen molar-refractivity contribution in [1.29, 1.82) is 0 Å². The largest absolute Gasteiger partial charge is 0.491 e. The van der Waals surface area contributed by atoms with Crippen molar-refractivity contribution in [3.8, 4) is 17.6 Å². The van der Waals surface area contributed by atoms with Gasteiger partial charge in [0.05, 0.1) is 12.4 Å². The third-order valence-corrected chi connectivity index (χ3v) is 3.77. The van der Waals surface area contributed by atoms with Gasteiger partial charge in [0.1, 0.15) is 5.75 Å². The first-order chi connectivity index (χ1) is 12.1. The van der Waals surface area contributed by atoms with Gasteiger partial charge in [-0.05, 0) is 62.2 Å². The lowest BCUT2D eigenvalue weighted by Gasteiger charge is -2.12. The fraction of sp³-hybridized carbons (Fsp3) is 0.227. The molecule has 3 nitrogen and oxygen atoms in total. The summed E-state index contributed by atoms with van der Waals surface area (Å²) in [7, 11) is 0. The van der Waals surface area contributed by atoms with E-state index in [-0.39, 0.29) is 6.10 Å². The van der Waals surface area contributed by atoms with Gasteiger partial charge >= 0.3 is 0 Å². The molecule has 0 aliphatic rings. The summed E-state index contributed by atoms with van der Waals surface area (Å²) in [6.45, 7) is 6.94. The van der Waals surface area contributed by atoms with Crippen LogP contribution in [0.5, 0.6) is 5.75 Å². The topological polar surface area (TPSA) is 27.1 Å². The van der Waals surface area contributed by atoms with Gasteiger partial charge in [-0.2, -0.15) is 0 Å². The quantitative estimate of drug-likeness (QED) is 0.662. The molecule has 25 heavy (non-hydrogen) atoms. The van der Waals surface area contributed by atoms with Crippen molar-refractivity contribution in [3.05, 3.63) is 83.4 Å². The first-order valence-electron chi connectivity index (χ1n) is 8.44. The molecule has 0 radical (unpaired) electrons. The molecule has 2 aromatic carbocycles. The van der Waals surface area contributed by atoms with Gasteiger partial charge < -0.3 is 9.30 Å². The Labute approximate surface area is 149 Å². The fourth-order valence-electron chi connectivity index (χ4n) is 2.54. The van der Waals surface area contributed by atoms with E-state index in [0.717, 1.165) is 29.0 Å². The summed E-state index contributed by atoms with van der Waals surface area (Å²) in [6.07, 6.45) is 5.75. The van der Waals surface area contributed by atoms with Crippen molar-refractivity contribution in [2.75, 3.05) is 0 Å². The lowest BCUT2D eigenvalue weighted by atomic mass is 10.1. The van der Waals surface area contributed by atoms with Crippen LogP contribution in [0.25, 0.3) is 0 Å². The van der Waals surface area contributed by atoms with Crippen LogP contribution in [0.1, 0.15) is 36.1 Å². The first kappa shape index (κ1) is 16.9. The first-order valence-corrected chi connectivity index (χ1v) is 8.44. The predicted octanol–water partition coefficient (Wildman–Crippen LogP) is 4.43. The number of hydrogen-bond acceptors (Lipinski definition) is 2. The van der Waals surface area contributed by atoms with Gasteiger partial charge in [0.25, 0.3) is 0 Å². The lowest BCUT2D eigenvalue weighted by molar-refractivity contribution is 0.241. The van der Waals surface area contributed by atoms with Crippen LogP contribution in [0.4, 0.5) is 0 Å². The van der Waals surface area contributed by atoms with E-state index in [1.807, 2.05) is 50.0 Å². The summed E-state index contributed by atoms with van der Waals surface area (Å²) in [6, 6.07) is 14.4. The Morgan fingerprint density at radius 2 is 1.76 bits per heavy atom. The molecule has 0 N–H and O–H groups in total. The van der Waals surface area contributed by atoms with Crippen LogP contribution in [0.3, 0.4) is 0 Å². The van der Waals surface area contributed by atoms with Crippen LogP contribution in [-0.2, 0) is 6.54 Å². The minimum atomic E-state index is 0.177. The zero-order valence-corrected chi connectivity index (χ0v) is 14.9.